The van der Waals surface area contributed by atoms with Gasteiger partial charge in [-0.1, -0.05) is 30.3 Å². The molecule has 0 spiro atoms. The molecule has 7 heteroatoms. The van der Waals surface area contributed by atoms with Crippen molar-refractivity contribution >= 4 is 29.1 Å². The van der Waals surface area contributed by atoms with Gasteiger partial charge >= 0.3 is 5.97 Å². The summed E-state index contributed by atoms with van der Waals surface area (Å²) in [6.07, 6.45) is 2.89. The fraction of sp³-hybridized carbons (Fsp3) is 0.316. The van der Waals surface area contributed by atoms with Crippen molar-refractivity contribution in [2.75, 3.05) is 13.2 Å². The standard InChI is InChI=1S/C19H20N2O4S/c22-17(21-15-8-3-6-13-5-1-2-7-14(13)15)12-25-18(23)11-20-19(24)16-9-4-10-26-16/h1-2,4-5,7,9-10,15H,3,6,8,11-12H2,(H,20,24)(H,21,22)/t15-/m0/s1. The van der Waals surface area contributed by atoms with Gasteiger partial charge in [0.25, 0.3) is 11.8 Å². The van der Waals surface area contributed by atoms with Gasteiger partial charge in [-0.15, -0.1) is 11.3 Å². The molecule has 0 radical (unpaired) electrons. The maximum atomic E-state index is 12.1. The van der Waals surface area contributed by atoms with Crippen LogP contribution in [0.25, 0.3) is 0 Å². The van der Waals surface area contributed by atoms with Crippen LogP contribution in [-0.2, 0) is 20.7 Å². The Kier molecular flexibility index (Phi) is 6.01. The van der Waals surface area contributed by atoms with Gasteiger partial charge in [0.15, 0.2) is 6.61 Å². The largest absolute Gasteiger partial charge is 0.454 e. The van der Waals surface area contributed by atoms with Crippen LogP contribution in [0, 0.1) is 0 Å². The van der Waals surface area contributed by atoms with E-state index in [0.29, 0.717) is 4.88 Å². The molecule has 2 aromatic rings. The molecule has 1 aromatic carbocycles. The lowest BCUT2D eigenvalue weighted by Crippen LogP contribution is -2.36. The molecule has 0 aliphatic heterocycles. The Balaban J connectivity index is 1.42. The van der Waals surface area contributed by atoms with Gasteiger partial charge in [-0.3, -0.25) is 14.4 Å². The smallest absolute Gasteiger partial charge is 0.325 e. The van der Waals surface area contributed by atoms with Gasteiger partial charge in [0, 0.05) is 0 Å². The van der Waals surface area contributed by atoms with E-state index in [-0.39, 0.29) is 31.0 Å². The van der Waals surface area contributed by atoms with Crippen molar-refractivity contribution in [3.05, 3.63) is 57.8 Å². The quantitative estimate of drug-likeness (QED) is 0.762. The molecule has 1 aromatic heterocycles. The average Bonchev–Trinajstić information content (AvgIpc) is 3.19. The predicted molar refractivity (Wildman–Crippen MR) is 97.9 cm³/mol. The van der Waals surface area contributed by atoms with Crippen LogP contribution in [0.5, 0.6) is 0 Å². The number of hydrogen-bond donors (Lipinski definition) is 2. The van der Waals surface area contributed by atoms with Gasteiger partial charge in [0.1, 0.15) is 6.54 Å². The van der Waals surface area contributed by atoms with Crippen molar-refractivity contribution in [2.24, 2.45) is 0 Å². The summed E-state index contributed by atoms with van der Waals surface area (Å²) in [5, 5.41) is 7.16. The van der Waals surface area contributed by atoms with Crippen LogP contribution >= 0.6 is 11.3 Å². The van der Waals surface area contributed by atoms with Gasteiger partial charge in [-0.05, 0) is 41.8 Å². The SMILES string of the molecule is O=C(COC(=O)CNC(=O)c1cccs1)N[C@H]1CCCc2ccccc21. The van der Waals surface area contributed by atoms with Crippen molar-refractivity contribution in [3.63, 3.8) is 0 Å². The van der Waals surface area contributed by atoms with E-state index in [9.17, 15) is 14.4 Å². The second kappa shape index (κ2) is 8.62. The average molecular weight is 372 g/mol. The Hall–Kier alpha value is -2.67. The second-order valence-corrected chi connectivity index (χ2v) is 6.98. The number of aryl methyl sites for hydroxylation is 1. The number of benzene rings is 1. The van der Waals surface area contributed by atoms with E-state index in [0.717, 1.165) is 24.8 Å². The van der Waals surface area contributed by atoms with Crippen LogP contribution in [-0.4, -0.2) is 30.9 Å². The molecule has 1 atom stereocenters. The Morgan fingerprint density at radius 3 is 2.81 bits per heavy atom. The topological polar surface area (TPSA) is 84.5 Å². The van der Waals surface area contributed by atoms with E-state index >= 15 is 0 Å². The first-order chi connectivity index (χ1) is 12.6. The van der Waals surface area contributed by atoms with E-state index in [1.165, 1.54) is 16.9 Å². The summed E-state index contributed by atoms with van der Waals surface area (Å²) in [7, 11) is 0. The number of carbonyl (C=O) groups is 3. The molecule has 6 nitrogen and oxygen atoms in total. The number of amides is 2. The van der Waals surface area contributed by atoms with E-state index in [1.54, 1.807) is 17.5 Å². The molecule has 2 N–H and O–H groups in total. The lowest BCUT2D eigenvalue weighted by molar-refractivity contribution is -0.147. The Morgan fingerprint density at radius 2 is 2.00 bits per heavy atom. The van der Waals surface area contributed by atoms with Crippen molar-refractivity contribution in [3.8, 4) is 0 Å². The third-order valence-corrected chi connectivity index (χ3v) is 5.08. The highest BCUT2D eigenvalue weighted by Crippen LogP contribution is 2.29. The fourth-order valence-corrected chi connectivity index (χ4v) is 3.62. The molecule has 136 valence electrons. The highest BCUT2D eigenvalue weighted by atomic mass is 32.1. The van der Waals surface area contributed by atoms with E-state index in [1.807, 2.05) is 18.2 Å². The minimum Gasteiger partial charge on any atom is -0.454 e. The number of ether oxygens (including phenoxy) is 1. The Morgan fingerprint density at radius 1 is 1.15 bits per heavy atom. The molecule has 1 heterocycles. The number of nitrogens with one attached hydrogen (secondary N) is 2. The summed E-state index contributed by atoms with van der Waals surface area (Å²) in [4.78, 5) is 36.0. The molecule has 26 heavy (non-hydrogen) atoms. The van der Waals surface area contributed by atoms with Crippen molar-refractivity contribution in [2.45, 2.75) is 25.3 Å². The first-order valence-corrected chi connectivity index (χ1v) is 9.36. The molecule has 2 amide bonds. The Labute approximate surface area is 155 Å². The second-order valence-electron chi connectivity index (χ2n) is 6.03. The van der Waals surface area contributed by atoms with Crippen LogP contribution in [0.4, 0.5) is 0 Å². The van der Waals surface area contributed by atoms with Crippen LogP contribution in [0.3, 0.4) is 0 Å². The number of rotatable bonds is 6. The number of hydrogen-bond acceptors (Lipinski definition) is 5. The van der Waals surface area contributed by atoms with Crippen LogP contribution in [0.2, 0.25) is 0 Å². The van der Waals surface area contributed by atoms with E-state index in [4.69, 9.17) is 4.74 Å². The van der Waals surface area contributed by atoms with Gasteiger partial charge in [0.05, 0.1) is 10.9 Å². The zero-order valence-electron chi connectivity index (χ0n) is 14.2. The number of esters is 1. The summed E-state index contributed by atoms with van der Waals surface area (Å²) >= 11 is 1.29. The van der Waals surface area contributed by atoms with Crippen LogP contribution in [0.15, 0.2) is 41.8 Å². The zero-order chi connectivity index (χ0) is 18.4. The molecule has 3 rings (SSSR count). The normalized spacial score (nSPS) is 15.6. The lowest BCUT2D eigenvalue weighted by atomic mass is 9.88. The maximum absolute atomic E-state index is 12.1. The predicted octanol–water partition coefficient (Wildman–Crippen LogP) is 2.21. The molecule has 0 saturated heterocycles. The summed E-state index contributed by atoms with van der Waals surface area (Å²) in [6.45, 7) is -0.622. The van der Waals surface area contributed by atoms with Gasteiger partial charge in [-0.25, -0.2) is 0 Å². The summed E-state index contributed by atoms with van der Waals surface area (Å²) in [5.41, 5.74) is 2.37. The molecule has 0 fully saturated rings. The highest BCUT2D eigenvalue weighted by molar-refractivity contribution is 7.12. The van der Waals surface area contributed by atoms with Crippen LogP contribution in [0.1, 0.15) is 39.7 Å². The summed E-state index contributed by atoms with van der Waals surface area (Å²) in [5.74, 6) is -1.32. The monoisotopic (exact) mass is 372 g/mol. The van der Waals surface area contributed by atoms with Gasteiger partial charge in [0.2, 0.25) is 0 Å². The number of fused-ring (bicyclic) bond motifs is 1. The van der Waals surface area contributed by atoms with Gasteiger partial charge < -0.3 is 15.4 Å². The lowest BCUT2D eigenvalue weighted by Gasteiger charge is -2.26. The van der Waals surface area contributed by atoms with Crippen molar-refractivity contribution < 1.29 is 19.1 Å². The third-order valence-electron chi connectivity index (χ3n) is 4.21. The van der Waals surface area contributed by atoms with Crippen LogP contribution < -0.4 is 10.6 Å². The maximum Gasteiger partial charge on any atom is 0.325 e. The first-order valence-electron chi connectivity index (χ1n) is 8.48. The number of carbonyl (C=O) groups excluding carboxylic acids is 3. The Bertz CT molecular complexity index is 789. The van der Waals surface area contributed by atoms with E-state index in [2.05, 4.69) is 16.7 Å². The number of thiophene rings is 1. The third kappa shape index (κ3) is 4.70. The molecular formula is C19H20N2O4S. The van der Waals surface area contributed by atoms with Crippen molar-refractivity contribution in [1.82, 2.24) is 10.6 Å². The molecule has 0 bridgehead atoms. The minimum atomic E-state index is -0.644. The van der Waals surface area contributed by atoms with Gasteiger partial charge in [-0.2, -0.15) is 0 Å². The van der Waals surface area contributed by atoms with E-state index < -0.39 is 5.97 Å². The summed E-state index contributed by atoms with van der Waals surface area (Å²) < 4.78 is 4.94. The minimum absolute atomic E-state index is 0.0512. The molecule has 0 unspecified atom stereocenters. The zero-order valence-corrected chi connectivity index (χ0v) is 15.0. The van der Waals surface area contributed by atoms with Crippen molar-refractivity contribution in [1.29, 1.82) is 0 Å². The molecule has 0 saturated carbocycles. The molecular weight excluding hydrogens is 352 g/mol. The summed E-state index contributed by atoms with van der Waals surface area (Å²) in [6, 6.07) is 11.4. The first kappa shape index (κ1) is 18.1. The molecule has 1 aliphatic carbocycles. The fourth-order valence-electron chi connectivity index (χ4n) is 2.98. The molecule has 1 aliphatic rings. The highest BCUT2D eigenvalue weighted by Gasteiger charge is 2.21.